The molecule has 0 saturated heterocycles. The van der Waals surface area contributed by atoms with Crippen LogP contribution in [-0.2, 0) is 15.5 Å². The Balaban J connectivity index is 2.82. The molecular weight excluding hydrogens is 244 g/mol. The van der Waals surface area contributed by atoms with Crippen LogP contribution in [0.25, 0.3) is 0 Å². The number of nitrogens with zero attached hydrogens (tertiary/aromatic N) is 1. The summed E-state index contributed by atoms with van der Waals surface area (Å²) >= 11 is 0. The number of hydrogen-bond donors (Lipinski definition) is 1. The van der Waals surface area contributed by atoms with E-state index >= 15 is 0 Å². The Bertz CT molecular complexity index is 459. The molecule has 0 aromatic heterocycles. The van der Waals surface area contributed by atoms with Gasteiger partial charge in [0.25, 0.3) is 0 Å². The van der Waals surface area contributed by atoms with Gasteiger partial charge in [-0.05, 0) is 18.9 Å². The van der Waals surface area contributed by atoms with Crippen molar-refractivity contribution in [2.24, 2.45) is 10.1 Å². The highest BCUT2D eigenvalue weighted by atomic mass is 32.2. The van der Waals surface area contributed by atoms with E-state index in [0.29, 0.717) is 24.6 Å². The zero-order valence-electron chi connectivity index (χ0n) is 11.4. The average molecular weight is 268 g/mol. The largest absolute Gasteiger partial charge is 0.330 e. The summed E-state index contributed by atoms with van der Waals surface area (Å²) in [6, 6.07) is 8.15. The molecule has 1 unspecified atom stereocenters. The van der Waals surface area contributed by atoms with Crippen molar-refractivity contribution in [3.05, 3.63) is 35.4 Å². The number of aryl methyl sites for hydroxylation is 1. The van der Waals surface area contributed by atoms with Gasteiger partial charge < -0.3 is 5.73 Å². The highest BCUT2D eigenvalue weighted by Gasteiger charge is 2.09. The van der Waals surface area contributed by atoms with Crippen LogP contribution in [0.4, 0.5) is 0 Å². The van der Waals surface area contributed by atoms with Gasteiger partial charge in [0.2, 0.25) is 0 Å². The van der Waals surface area contributed by atoms with Crippen molar-refractivity contribution in [1.82, 2.24) is 0 Å². The molecule has 0 amide bonds. The molecule has 2 N–H and O–H groups in total. The van der Waals surface area contributed by atoms with E-state index in [4.69, 9.17) is 5.73 Å². The van der Waals surface area contributed by atoms with E-state index in [1.54, 1.807) is 0 Å². The Labute approximate surface area is 111 Å². The van der Waals surface area contributed by atoms with Gasteiger partial charge in [0.15, 0.2) is 0 Å². The maximum atomic E-state index is 12.7. The highest BCUT2D eigenvalue weighted by Crippen LogP contribution is 2.11. The van der Waals surface area contributed by atoms with E-state index in [9.17, 15) is 4.21 Å². The first kappa shape index (κ1) is 15.2. The molecule has 0 radical (unpaired) electrons. The third kappa shape index (κ3) is 5.19. The minimum atomic E-state index is -2.18. The molecule has 0 aliphatic carbocycles. The molecule has 0 fully saturated rings. The SMILES string of the molecule is CCCCN=S(=O)(CCN)Cc1ccc(C)cc1. The van der Waals surface area contributed by atoms with Gasteiger partial charge in [-0.15, -0.1) is 0 Å². The summed E-state index contributed by atoms with van der Waals surface area (Å²) in [7, 11) is -2.18. The fourth-order valence-corrected chi connectivity index (χ4v) is 3.61. The van der Waals surface area contributed by atoms with Crippen LogP contribution in [0.1, 0.15) is 30.9 Å². The zero-order valence-corrected chi connectivity index (χ0v) is 12.2. The topological polar surface area (TPSA) is 55.5 Å². The molecule has 18 heavy (non-hydrogen) atoms. The summed E-state index contributed by atoms with van der Waals surface area (Å²) in [5.74, 6) is 1.01. The summed E-state index contributed by atoms with van der Waals surface area (Å²) in [4.78, 5) is 0. The van der Waals surface area contributed by atoms with Crippen LogP contribution < -0.4 is 5.73 Å². The molecule has 1 aromatic carbocycles. The Morgan fingerprint density at radius 2 is 1.94 bits per heavy atom. The lowest BCUT2D eigenvalue weighted by atomic mass is 10.2. The highest BCUT2D eigenvalue weighted by molar-refractivity contribution is 7.92. The summed E-state index contributed by atoms with van der Waals surface area (Å²) in [5, 5.41) is 0. The van der Waals surface area contributed by atoms with Gasteiger partial charge in [0, 0.05) is 18.8 Å². The summed E-state index contributed by atoms with van der Waals surface area (Å²) in [6.45, 7) is 5.27. The molecule has 0 heterocycles. The molecule has 1 aromatic rings. The molecule has 0 aliphatic rings. The van der Waals surface area contributed by atoms with Crippen molar-refractivity contribution in [2.45, 2.75) is 32.4 Å². The number of hydrogen-bond acceptors (Lipinski definition) is 3. The van der Waals surface area contributed by atoms with E-state index in [2.05, 4.69) is 11.3 Å². The first-order chi connectivity index (χ1) is 8.59. The molecule has 1 rings (SSSR count). The van der Waals surface area contributed by atoms with Gasteiger partial charge in [0.05, 0.1) is 15.5 Å². The number of benzene rings is 1. The summed E-state index contributed by atoms with van der Waals surface area (Å²) < 4.78 is 17.1. The zero-order chi connectivity index (χ0) is 13.4. The Morgan fingerprint density at radius 1 is 1.28 bits per heavy atom. The van der Waals surface area contributed by atoms with Crippen LogP contribution in [-0.4, -0.2) is 23.1 Å². The van der Waals surface area contributed by atoms with E-state index in [-0.39, 0.29) is 0 Å². The van der Waals surface area contributed by atoms with Crippen molar-refractivity contribution in [2.75, 3.05) is 18.8 Å². The molecule has 0 saturated carbocycles. The lowest BCUT2D eigenvalue weighted by Crippen LogP contribution is -2.17. The van der Waals surface area contributed by atoms with E-state index in [1.165, 1.54) is 5.56 Å². The molecule has 4 heteroatoms. The summed E-state index contributed by atoms with van der Waals surface area (Å²) in [5.41, 5.74) is 7.85. The monoisotopic (exact) mass is 268 g/mol. The molecule has 0 bridgehead atoms. The lowest BCUT2D eigenvalue weighted by molar-refractivity contribution is 0.671. The van der Waals surface area contributed by atoms with Crippen LogP contribution in [0.15, 0.2) is 28.6 Å². The average Bonchev–Trinajstić information content (AvgIpc) is 2.33. The van der Waals surface area contributed by atoms with Gasteiger partial charge in [-0.3, -0.25) is 0 Å². The smallest absolute Gasteiger partial charge is 0.0568 e. The van der Waals surface area contributed by atoms with Crippen LogP contribution in [0.3, 0.4) is 0 Å². The van der Waals surface area contributed by atoms with Gasteiger partial charge in [0.1, 0.15) is 0 Å². The lowest BCUT2D eigenvalue weighted by Gasteiger charge is -2.09. The third-order valence-electron chi connectivity index (χ3n) is 2.79. The van der Waals surface area contributed by atoms with Crippen LogP contribution in [0, 0.1) is 6.92 Å². The second kappa shape index (κ2) is 7.54. The normalized spacial score (nSPS) is 14.2. The van der Waals surface area contributed by atoms with Crippen molar-refractivity contribution in [1.29, 1.82) is 0 Å². The molecule has 1 atom stereocenters. The van der Waals surface area contributed by atoms with Crippen molar-refractivity contribution < 1.29 is 4.21 Å². The predicted molar refractivity (Wildman–Crippen MR) is 79.1 cm³/mol. The van der Waals surface area contributed by atoms with Crippen molar-refractivity contribution in [3.63, 3.8) is 0 Å². The number of unbranched alkanes of at least 4 members (excludes halogenated alkanes) is 1. The van der Waals surface area contributed by atoms with Gasteiger partial charge >= 0.3 is 0 Å². The Hall–Kier alpha value is -0.870. The van der Waals surface area contributed by atoms with Gasteiger partial charge in [-0.1, -0.05) is 43.2 Å². The maximum Gasteiger partial charge on any atom is 0.0568 e. The molecule has 0 aliphatic heterocycles. The van der Waals surface area contributed by atoms with Gasteiger partial charge in [-0.2, -0.15) is 0 Å². The van der Waals surface area contributed by atoms with Crippen molar-refractivity contribution in [3.8, 4) is 0 Å². The first-order valence-corrected chi connectivity index (χ1v) is 8.39. The molecule has 3 nitrogen and oxygen atoms in total. The van der Waals surface area contributed by atoms with Crippen LogP contribution >= 0.6 is 0 Å². The van der Waals surface area contributed by atoms with Crippen molar-refractivity contribution >= 4 is 9.73 Å². The number of rotatable bonds is 7. The summed E-state index contributed by atoms with van der Waals surface area (Å²) in [6.07, 6.45) is 2.07. The van der Waals surface area contributed by atoms with E-state index in [0.717, 1.165) is 18.4 Å². The fourth-order valence-electron chi connectivity index (χ4n) is 1.70. The molecular formula is C14H24N2OS. The Kier molecular flexibility index (Phi) is 6.36. The number of nitrogens with two attached hydrogens (primary N) is 1. The van der Waals surface area contributed by atoms with Gasteiger partial charge in [-0.25, -0.2) is 8.57 Å². The standard InChI is InChI=1S/C14H24N2OS/c1-3-4-10-16-18(17,11-9-15)12-14-7-5-13(2)6-8-14/h5-8H,3-4,9-12,15H2,1-2H3. The second-order valence-corrected chi connectivity index (χ2v) is 7.10. The minimum absolute atomic E-state index is 0.431. The van der Waals surface area contributed by atoms with Crippen LogP contribution in [0.5, 0.6) is 0 Å². The predicted octanol–water partition coefficient (Wildman–Crippen LogP) is 2.72. The minimum Gasteiger partial charge on any atom is -0.330 e. The first-order valence-electron chi connectivity index (χ1n) is 6.53. The second-order valence-electron chi connectivity index (χ2n) is 4.60. The molecule has 102 valence electrons. The molecule has 0 spiro atoms. The Morgan fingerprint density at radius 3 is 2.50 bits per heavy atom. The van der Waals surface area contributed by atoms with E-state index in [1.807, 2.05) is 31.2 Å². The maximum absolute atomic E-state index is 12.7. The van der Waals surface area contributed by atoms with E-state index < -0.39 is 9.73 Å². The fraction of sp³-hybridized carbons (Fsp3) is 0.571. The third-order valence-corrected chi connectivity index (χ3v) is 5.10. The van der Waals surface area contributed by atoms with Crippen LogP contribution in [0.2, 0.25) is 0 Å². The quantitative estimate of drug-likeness (QED) is 0.773.